The van der Waals surface area contributed by atoms with Gasteiger partial charge in [-0.1, -0.05) is 53.0 Å². The van der Waals surface area contributed by atoms with Gasteiger partial charge < -0.3 is 16.0 Å². The summed E-state index contributed by atoms with van der Waals surface area (Å²) in [5, 5.41) is 8.60. The van der Waals surface area contributed by atoms with Crippen LogP contribution in [0.3, 0.4) is 0 Å². The summed E-state index contributed by atoms with van der Waals surface area (Å²) < 4.78 is 0. The van der Waals surface area contributed by atoms with Crippen molar-refractivity contribution in [3.05, 3.63) is 68.7 Å². The van der Waals surface area contributed by atoms with Crippen molar-refractivity contribution in [3.63, 3.8) is 0 Å². The highest BCUT2D eigenvalue weighted by Gasteiger charge is 2.12. The minimum atomic E-state index is -0.519. The van der Waals surface area contributed by atoms with Gasteiger partial charge in [-0.05, 0) is 29.8 Å². The SMILES string of the molecule is O=C(CNC(=O)CNC(=O)c1ccc(Cl)cc1Cl)NCc1ccccc1Cl. The molecule has 142 valence electrons. The molecule has 0 atom stereocenters. The van der Waals surface area contributed by atoms with Crippen LogP contribution < -0.4 is 16.0 Å². The summed E-state index contributed by atoms with van der Waals surface area (Å²) in [6.45, 7) is -0.267. The maximum Gasteiger partial charge on any atom is 0.253 e. The standard InChI is InChI=1S/C18H16Cl3N3O3/c19-12-5-6-13(15(21)7-12)18(27)24-10-17(26)23-9-16(25)22-8-11-3-1-2-4-14(11)20/h1-7H,8-10H2,(H,22,25)(H,23,26)(H,24,27). The number of halogens is 3. The fourth-order valence-electron chi connectivity index (χ4n) is 2.07. The molecule has 0 fully saturated rings. The van der Waals surface area contributed by atoms with E-state index in [-0.39, 0.29) is 36.1 Å². The number of hydrogen-bond acceptors (Lipinski definition) is 3. The molecular formula is C18H16Cl3N3O3. The number of nitrogens with one attached hydrogen (secondary N) is 3. The van der Waals surface area contributed by atoms with Crippen LogP contribution in [0.25, 0.3) is 0 Å². The van der Waals surface area contributed by atoms with Gasteiger partial charge in [-0.25, -0.2) is 0 Å². The second kappa shape index (κ2) is 10.2. The van der Waals surface area contributed by atoms with Gasteiger partial charge in [-0.2, -0.15) is 0 Å². The Kier molecular flexibility index (Phi) is 7.91. The third-order valence-corrected chi connectivity index (χ3v) is 4.38. The predicted molar refractivity (Wildman–Crippen MR) is 105 cm³/mol. The lowest BCUT2D eigenvalue weighted by atomic mass is 10.2. The van der Waals surface area contributed by atoms with Crippen LogP contribution in [-0.2, 0) is 16.1 Å². The van der Waals surface area contributed by atoms with Crippen molar-refractivity contribution in [1.82, 2.24) is 16.0 Å². The van der Waals surface area contributed by atoms with E-state index in [4.69, 9.17) is 34.8 Å². The van der Waals surface area contributed by atoms with Crippen molar-refractivity contribution in [3.8, 4) is 0 Å². The highest BCUT2D eigenvalue weighted by molar-refractivity contribution is 6.36. The Labute approximate surface area is 171 Å². The molecule has 0 saturated heterocycles. The van der Waals surface area contributed by atoms with Crippen molar-refractivity contribution in [1.29, 1.82) is 0 Å². The summed E-state index contributed by atoms with van der Waals surface area (Å²) in [6, 6.07) is 11.5. The van der Waals surface area contributed by atoms with Crippen molar-refractivity contribution < 1.29 is 14.4 Å². The summed E-state index contributed by atoms with van der Waals surface area (Å²) in [4.78, 5) is 35.6. The molecule has 0 aliphatic rings. The van der Waals surface area contributed by atoms with Gasteiger partial charge >= 0.3 is 0 Å². The molecular weight excluding hydrogens is 413 g/mol. The molecule has 0 bridgehead atoms. The van der Waals surface area contributed by atoms with Crippen molar-refractivity contribution in [2.24, 2.45) is 0 Å². The van der Waals surface area contributed by atoms with Gasteiger partial charge in [0.1, 0.15) is 0 Å². The fourth-order valence-corrected chi connectivity index (χ4v) is 2.77. The summed E-state index contributed by atoms with van der Waals surface area (Å²) in [5.74, 6) is -1.41. The molecule has 3 N–H and O–H groups in total. The Morgan fingerprint density at radius 1 is 0.778 bits per heavy atom. The summed E-state index contributed by atoms with van der Waals surface area (Å²) >= 11 is 17.7. The van der Waals surface area contributed by atoms with Gasteiger partial charge in [-0.3, -0.25) is 14.4 Å². The minimum Gasteiger partial charge on any atom is -0.350 e. The van der Waals surface area contributed by atoms with Crippen LogP contribution in [0.15, 0.2) is 42.5 Å². The van der Waals surface area contributed by atoms with E-state index in [2.05, 4.69) is 16.0 Å². The Balaban J connectivity index is 1.71. The molecule has 9 heteroatoms. The summed E-state index contributed by atoms with van der Waals surface area (Å²) in [5.41, 5.74) is 0.970. The summed E-state index contributed by atoms with van der Waals surface area (Å²) in [6.07, 6.45) is 0. The zero-order valence-corrected chi connectivity index (χ0v) is 16.3. The van der Waals surface area contributed by atoms with E-state index in [1.54, 1.807) is 18.2 Å². The Bertz CT molecular complexity index is 859. The van der Waals surface area contributed by atoms with Crippen molar-refractivity contribution in [2.45, 2.75) is 6.54 Å². The largest absolute Gasteiger partial charge is 0.350 e. The molecule has 0 unspecified atom stereocenters. The average Bonchev–Trinajstić information content (AvgIpc) is 2.63. The fraction of sp³-hybridized carbons (Fsp3) is 0.167. The van der Waals surface area contributed by atoms with E-state index in [0.717, 1.165) is 5.56 Å². The van der Waals surface area contributed by atoms with E-state index in [1.807, 2.05) is 6.07 Å². The molecule has 0 aliphatic carbocycles. The first kappa shape index (κ1) is 21.0. The zero-order chi connectivity index (χ0) is 19.8. The molecule has 3 amide bonds. The Morgan fingerprint density at radius 3 is 2.15 bits per heavy atom. The average molecular weight is 429 g/mol. The topological polar surface area (TPSA) is 87.3 Å². The smallest absolute Gasteiger partial charge is 0.253 e. The normalized spacial score (nSPS) is 10.2. The van der Waals surface area contributed by atoms with Gasteiger partial charge in [-0.15, -0.1) is 0 Å². The van der Waals surface area contributed by atoms with Crippen LogP contribution in [0.5, 0.6) is 0 Å². The van der Waals surface area contributed by atoms with Gasteiger partial charge in [0.2, 0.25) is 11.8 Å². The maximum atomic E-state index is 12.0. The van der Waals surface area contributed by atoms with E-state index >= 15 is 0 Å². The molecule has 0 radical (unpaired) electrons. The number of amides is 3. The first-order valence-electron chi connectivity index (χ1n) is 7.87. The number of benzene rings is 2. The minimum absolute atomic E-state index is 0.180. The lowest BCUT2D eigenvalue weighted by molar-refractivity contribution is -0.125. The third-order valence-electron chi connectivity index (χ3n) is 3.47. The van der Waals surface area contributed by atoms with Crippen LogP contribution in [0.1, 0.15) is 15.9 Å². The predicted octanol–water partition coefficient (Wildman–Crippen LogP) is 2.81. The molecule has 2 aromatic rings. The molecule has 0 spiro atoms. The van der Waals surface area contributed by atoms with Gasteiger partial charge in [0.05, 0.1) is 23.7 Å². The number of carbonyl (C=O) groups is 3. The summed E-state index contributed by atoms with van der Waals surface area (Å²) in [7, 11) is 0. The van der Waals surface area contributed by atoms with E-state index < -0.39 is 11.8 Å². The quantitative estimate of drug-likeness (QED) is 0.634. The lowest BCUT2D eigenvalue weighted by Gasteiger charge is -2.09. The van der Waals surface area contributed by atoms with Gasteiger partial charge in [0.25, 0.3) is 5.91 Å². The van der Waals surface area contributed by atoms with Crippen molar-refractivity contribution >= 4 is 52.5 Å². The first-order valence-corrected chi connectivity index (χ1v) is 9.00. The monoisotopic (exact) mass is 427 g/mol. The molecule has 0 aromatic heterocycles. The molecule has 0 heterocycles. The van der Waals surface area contributed by atoms with Gasteiger partial charge in [0.15, 0.2) is 0 Å². The molecule has 2 aromatic carbocycles. The Morgan fingerprint density at radius 2 is 1.44 bits per heavy atom. The third kappa shape index (κ3) is 6.75. The van der Waals surface area contributed by atoms with Gasteiger partial charge in [0, 0.05) is 16.6 Å². The number of rotatable bonds is 7. The second-order valence-electron chi connectivity index (χ2n) is 5.45. The van der Waals surface area contributed by atoms with Crippen LogP contribution >= 0.6 is 34.8 Å². The number of hydrogen-bond donors (Lipinski definition) is 3. The highest BCUT2D eigenvalue weighted by Crippen LogP contribution is 2.20. The van der Waals surface area contributed by atoms with Crippen molar-refractivity contribution in [2.75, 3.05) is 13.1 Å². The Hall–Kier alpha value is -2.28. The van der Waals surface area contributed by atoms with Crippen LogP contribution in [0.2, 0.25) is 15.1 Å². The van der Waals surface area contributed by atoms with E-state index in [1.165, 1.54) is 18.2 Å². The molecule has 0 saturated carbocycles. The van der Waals surface area contributed by atoms with Crippen LogP contribution in [0, 0.1) is 0 Å². The van der Waals surface area contributed by atoms with Crippen LogP contribution in [-0.4, -0.2) is 30.8 Å². The molecule has 6 nitrogen and oxygen atoms in total. The maximum absolute atomic E-state index is 12.0. The highest BCUT2D eigenvalue weighted by atomic mass is 35.5. The number of carbonyl (C=O) groups excluding carboxylic acids is 3. The molecule has 0 aliphatic heterocycles. The van der Waals surface area contributed by atoms with Crippen LogP contribution in [0.4, 0.5) is 0 Å². The molecule has 2 rings (SSSR count). The van der Waals surface area contributed by atoms with E-state index in [9.17, 15) is 14.4 Å². The first-order chi connectivity index (χ1) is 12.9. The molecule has 27 heavy (non-hydrogen) atoms. The van der Waals surface area contributed by atoms with E-state index in [0.29, 0.717) is 10.0 Å². The lowest BCUT2D eigenvalue weighted by Crippen LogP contribution is -2.41. The zero-order valence-electron chi connectivity index (χ0n) is 14.0. The second-order valence-corrected chi connectivity index (χ2v) is 6.70.